The van der Waals surface area contributed by atoms with Crippen LogP contribution in [0.3, 0.4) is 0 Å². The molecule has 17 atom stereocenters. The van der Waals surface area contributed by atoms with E-state index in [1.165, 1.54) is 103 Å². The summed E-state index contributed by atoms with van der Waals surface area (Å²) in [5, 5.41) is 120. The topological polar surface area (TPSA) is 307 Å². The molecular formula is C75H129NO18. The van der Waals surface area contributed by atoms with Crippen LogP contribution in [-0.2, 0) is 33.2 Å². The van der Waals surface area contributed by atoms with E-state index in [1.807, 2.05) is 0 Å². The summed E-state index contributed by atoms with van der Waals surface area (Å²) < 4.78 is 34.3. The molecule has 12 N–H and O–H groups in total. The average Bonchev–Trinajstić information content (AvgIpc) is 0.834. The molecule has 3 aliphatic heterocycles. The molecule has 1 amide bonds. The molecule has 19 nitrogen and oxygen atoms in total. The van der Waals surface area contributed by atoms with Crippen molar-refractivity contribution in [3.63, 3.8) is 0 Å². The van der Waals surface area contributed by atoms with Gasteiger partial charge in [-0.05, 0) is 77.0 Å². The van der Waals surface area contributed by atoms with Gasteiger partial charge in [-0.3, -0.25) is 4.79 Å². The van der Waals surface area contributed by atoms with Gasteiger partial charge in [0, 0.05) is 6.42 Å². The van der Waals surface area contributed by atoms with Gasteiger partial charge in [0.1, 0.15) is 73.2 Å². The summed E-state index contributed by atoms with van der Waals surface area (Å²) in [6, 6.07) is -0.888. The van der Waals surface area contributed by atoms with Gasteiger partial charge in [0.25, 0.3) is 0 Å². The fraction of sp³-hybridized carbons (Fsp3) is 0.773. The van der Waals surface area contributed by atoms with Gasteiger partial charge in [-0.1, -0.05) is 252 Å². The summed E-state index contributed by atoms with van der Waals surface area (Å²) in [5.74, 6) is -0.248. The summed E-state index contributed by atoms with van der Waals surface area (Å²) in [6.45, 7) is 1.62. The zero-order chi connectivity index (χ0) is 68.2. The maximum Gasteiger partial charge on any atom is 0.220 e. The fourth-order valence-corrected chi connectivity index (χ4v) is 11.8. The maximum atomic E-state index is 13.4. The normalized spacial score (nSPS) is 27.9. The minimum atomic E-state index is -1.97. The van der Waals surface area contributed by atoms with Crippen LogP contribution < -0.4 is 5.32 Å². The van der Waals surface area contributed by atoms with Crippen LogP contribution in [0.4, 0.5) is 0 Å². The molecule has 0 aromatic carbocycles. The first-order valence-electron chi connectivity index (χ1n) is 36.5. The standard InChI is InChI=1S/C75H129NO18/c1-3-5-7-9-11-13-14-15-16-17-18-19-20-21-22-23-24-25-26-27-28-29-30-31-32-33-34-35-36-37-38-39-40-41-42-43-44-45-47-49-51-53-63(81)76-58(59(80)52-50-48-46-12-10-8-6-4-2)57-89-73-69(87)66(84)71(61(55-78)91-73)94-75-70(88)67(85)72(62(56-79)92-75)93-74-68(86)65(83)64(82)60(54-77)90-74/h5,7,11,13,15-16,18-19,21-22,24-25,27-28,30-31,58-62,64-75,77-80,82-88H,3-4,6,8-10,12,14,17,20,23,26,29,32-57H2,1-2H3,(H,76,81)/b7-5-,13-11-,16-15-,19-18-,22-21-,25-24-,28-27-,31-30-. The Balaban J connectivity index is 1.26. The molecule has 0 aliphatic carbocycles. The van der Waals surface area contributed by atoms with Crippen LogP contribution in [-0.4, -0.2) is 193 Å². The molecule has 0 aromatic rings. The molecule has 3 aliphatic rings. The maximum absolute atomic E-state index is 13.4. The summed E-state index contributed by atoms with van der Waals surface area (Å²) in [4.78, 5) is 13.4. The molecule has 0 spiro atoms. The Morgan fingerprint density at radius 2 is 0.734 bits per heavy atom. The quantitative estimate of drug-likeness (QED) is 0.0199. The lowest BCUT2D eigenvalue weighted by molar-refractivity contribution is -0.379. The number of ether oxygens (including phenoxy) is 6. The molecule has 17 unspecified atom stereocenters. The van der Waals surface area contributed by atoms with Crippen LogP contribution >= 0.6 is 0 Å². The lowest BCUT2D eigenvalue weighted by Gasteiger charge is -2.48. The van der Waals surface area contributed by atoms with E-state index >= 15 is 0 Å². The van der Waals surface area contributed by atoms with E-state index < -0.39 is 124 Å². The van der Waals surface area contributed by atoms with Crippen molar-refractivity contribution in [1.82, 2.24) is 5.32 Å². The Labute approximate surface area is 564 Å². The first kappa shape index (κ1) is 84.9. The second kappa shape index (κ2) is 55.6. The molecule has 0 saturated carbocycles. The van der Waals surface area contributed by atoms with Crippen molar-refractivity contribution in [2.75, 3.05) is 26.4 Å². The van der Waals surface area contributed by atoms with Gasteiger partial charge in [-0.25, -0.2) is 0 Å². The smallest absolute Gasteiger partial charge is 0.220 e. The first-order valence-corrected chi connectivity index (χ1v) is 36.5. The summed E-state index contributed by atoms with van der Waals surface area (Å²) in [5.41, 5.74) is 0. The van der Waals surface area contributed by atoms with Crippen molar-refractivity contribution < 1.29 is 89.4 Å². The predicted octanol–water partition coefficient (Wildman–Crippen LogP) is 10.4. The molecule has 3 fully saturated rings. The molecule has 0 aromatic heterocycles. The highest BCUT2D eigenvalue weighted by molar-refractivity contribution is 5.76. The third-order valence-electron chi connectivity index (χ3n) is 17.7. The van der Waals surface area contributed by atoms with Crippen molar-refractivity contribution >= 4 is 5.91 Å². The number of hydrogen-bond acceptors (Lipinski definition) is 18. The van der Waals surface area contributed by atoms with E-state index in [9.17, 15) is 61.0 Å². The molecular weight excluding hydrogens is 1200 g/mol. The van der Waals surface area contributed by atoms with E-state index in [0.29, 0.717) is 12.8 Å². The molecule has 3 saturated heterocycles. The lowest BCUT2D eigenvalue weighted by Crippen LogP contribution is -2.66. The number of aliphatic hydroxyl groups excluding tert-OH is 11. The van der Waals surface area contributed by atoms with Crippen molar-refractivity contribution in [2.45, 2.75) is 343 Å². The summed E-state index contributed by atoms with van der Waals surface area (Å²) in [6.07, 6.45) is 46.9. The van der Waals surface area contributed by atoms with Crippen LogP contribution in [0.25, 0.3) is 0 Å². The Kier molecular flexibility index (Phi) is 50.2. The van der Waals surface area contributed by atoms with Gasteiger partial charge in [0.2, 0.25) is 5.91 Å². The third kappa shape index (κ3) is 36.5. The van der Waals surface area contributed by atoms with Gasteiger partial charge in [0.05, 0.1) is 38.6 Å². The average molecular weight is 1330 g/mol. The number of carbonyl (C=O) groups excluding carboxylic acids is 1. The Hall–Kier alpha value is -3.29. The molecule has 0 bridgehead atoms. The minimum Gasteiger partial charge on any atom is -0.394 e. The Morgan fingerprint density at radius 1 is 0.394 bits per heavy atom. The zero-order valence-corrected chi connectivity index (χ0v) is 57.4. The highest BCUT2D eigenvalue weighted by Crippen LogP contribution is 2.33. The number of allylic oxidation sites excluding steroid dienone is 16. The number of unbranched alkanes of at least 4 members (excludes halogenated alkanes) is 23. The van der Waals surface area contributed by atoms with Gasteiger partial charge in [-0.2, -0.15) is 0 Å². The van der Waals surface area contributed by atoms with E-state index in [0.717, 1.165) is 103 Å². The van der Waals surface area contributed by atoms with E-state index in [2.05, 4.69) is 116 Å². The van der Waals surface area contributed by atoms with E-state index in [4.69, 9.17) is 28.4 Å². The molecule has 542 valence electrons. The van der Waals surface area contributed by atoms with Gasteiger partial charge in [-0.15, -0.1) is 0 Å². The molecule has 94 heavy (non-hydrogen) atoms. The van der Waals surface area contributed by atoms with Crippen LogP contribution in [0.15, 0.2) is 97.2 Å². The monoisotopic (exact) mass is 1330 g/mol. The SMILES string of the molecule is CC/C=C\C/C=C\C/C=C\C/C=C\C/C=C\C/C=C\C/C=C\C/C=C\CCCCCCCCCCCCCCCCCCC(=O)NC(COC1OC(CO)C(OC2OC(CO)C(OC3OC(CO)C(O)C(O)C3O)C(O)C2O)C(O)C1O)C(O)CCCCCCCCCC. The lowest BCUT2D eigenvalue weighted by atomic mass is 9.96. The number of amides is 1. The number of nitrogens with one attached hydrogen (secondary N) is 1. The molecule has 3 heterocycles. The molecule has 19 heteroatoms. The van der Waals surface area contributed by atoms with Crippen molar-refractivity contribution in [2.24, 2.45) is 0 Å². The van der Waals surface area contributed by atoms with Crippen molar-refractivity contribution in [3.05, 3.63) is 97.2 Å². The van der Waals surface area contributed by atoms with Crippen LogP contribution in [0.5, 0.6) is 0 Å². The Bertz CT molecular complexity index is 2080. The Morgan fingerprint density at radius 3 is 1.15 bits per heavy atom. The highest BCUT2D eigenvalue weighted by Gasteiger charge is 2.53. The van der Waals surface area contributed by atoms with Crippen LogP contribution in [0, 0.1) is 0 Å². The van der Waals surface area contributed by atoms with Crippen molar-refractivity contribution in [1.29, 1.82) is 0 Å². The fourth-order valence-electron chi connectivity index (χ4n) is 11.8. The largest absolute Gasteiger partial charge is 0.394 e. The van der Waals surface area contributed by atoms with Gasteiger partial charge in [0.15, 0.2) is 18.9 Å². The molecule has 0 radical (unpaired) electrons. The predicted molar refractivity (Wildman–Crippen MR) is 369 cm³/mol. The van der Waals surface area contributed by atoms with Crippen molar-refractivity contribution in [3.8, 4) is 0 Å². The van der Waals surface area contributed by atoms with Crippen LogP contribution in [0.1, 0.15) is 239 Å². The number of hydrogen-bond donors (Lipinski definition) is 12. The number of rotatable bonds is 55. The minimum absolute atomic E-state index is 0.248. The summed E-state index contributed by atoms with van der Waals surface area (Å²) in [7, 11) is 0. The summed E-state index contributed by atoms with van der Waals surface area (Å²) >= 11 is 0. The number of carbonyl (C=O) groups is 1. The zero-order valence-electron chi connectivity index (χ0n) is 57.4. The van der Waals surface area contributed by atoms with Gasteiger partial charge < -0.3 is 89.9 Å². The number of aliphatic hydroxyl groups is 11. The highest BCUT2D eigenvalue weighted by atomic mass is 16.8. The van der Waals surface area contributed by atoms with Crippen LogP contribution in [0.2, 0.25) is 0 Å². The third-order valence-corrected chi connectivity index (χ3v) is 17.7. The van der Waals surface area contributed by atoms with Gasteiger partial charge >= 0.3 is 0 Å². The second-order valence-electron chi connectivity index (χ2n) is 25.7. The van der Waals surface area contributed by atoms with E-state index in [1.54, 1.807) is 0 Å². The second-order valence-corrected chi connectivity index (χ2v) is 25.7. The van der Waals surface area contributed by atoms with E-state index in [-0.39, 0.29) is 18.9 Å². The molecule has 3 rings (SSSR count). The first-order chi connectivity index (χ1) is 45.8.